The van der Waals surface area contributed by atoms with Crippen LogP contribution >= 0.6 is 0 Å². The Kier molecular flexibility index (Phi) is 4.84. The Labute approximate surface area is 143 Å². The van der Waals surface area contributed by atoms with Gasteiger partial charge in [-0.25, -0.2) is 8.78 Å². The lowest BCUT2D eigenvalue weighted by atomic mass is 10.00. The predicted molar refractivity (Wildman–Crippen MR) is 80.6 cm³/mol. The molecule has 1 unspecified atom stereocenters. The van der Waals surface area contributed by atoms with Crippen LogP contribution in [0.3, 0.4) is 0 Å². The second-order valence-electron chi connectivity index (χ2n) is 5.95. The van der Waals surface area contributed by atoms with E-state index in [-0.39, 0.29) is 29.6 Å². The van der Waals surface area contributed by atoms with Crippen molar-refractivity contribution in [3.8, 4) is 0 Å². The van der Waals surface area contributed by atoms with Gasteiger partial charge in [0.1, 0.15) is 0 Å². The molecule has 0 saturated heterocycles. The van der Waals surface area contributed by atoms with E-state index in [1.807, 2.05) is 0 Å². The van der Waals surface area contributed by atoms with E-state index in [0.717, 1.165) is 6.07 Å². The molecular formula is C16H14F5N3O2. The van der Waals surface area contributed by atoms with Crippen LogP contribution in [-0.2, 0) is 6.42 Å². The molecule has 10 heteroatoms. The van der Waals surface area contributed by atoms with E-state index in [2.05, 4.69) is 20.0 Å². The highest BCUT2D eigenvalue weighted by molar-refractivity contribution is 5.91. The molecule has 1 aliphatic carbocycles. The molecule has 0 radical (unpaired) electrons. The molecule has 0 aromatic carbocycles. The summed E-state index contributed by atoms with van der Waals surface area (Å²) in [4.78, 5) is 14.6. The van der Waals surface area contributed by atoms with Crippen molar-refractivity contribution in [2.45, 2.75) is 25.4 Å². The summed E-state index contributed by atoms with van der Waals surface area (Å²) in [5, 5.41) is 6.99. The molecule has 0 spiro atoms. The van der Waals surface area contributed by atoms with Crippen molar-refractivity contribution >= 4 is 18.1 Å². The second-order valence-corrected chi connectivity index (χ2v) is 5.95. The molecule has 0 aliphatic heterocycles. The summed E-state index contributed by atoms with van der Waals surface area (Å²) in [6.45, 7) is 0.180. The molecule has 140 valence electrons. The molecule has 2 aromatic heterocycles. The fourth-order valence-corrected chi connectivity index (χ4v) is 2.69. The monoisotopic (exact) mass is 375 g/mol. The minimum absolute atomic E-state index is 0.134. The van der Waals surface area contributed by atoms with Crippen molar-refractivity contribution < 1.29 is 31.3 Å². The average molecular weight is 375 g/mol. The van der Waals surface area contributed by atoms with E-state index in [1.165, 1.54) is 6.07 Å². The Morgan fingerprint density at radius 1 is 1.38 bits per heavy atom. The maximum absolute atomic E-state index is 12.7. The highest BCUT2D eigenvalue weighted by atomic mass is 19.4. The van der Waals surface area contributed by atoms with Gasteiger partial charge >= 0.3 is 6.18 Å². The van der Waals surface area contributed by atoms with Crippen molar-refractivity contribution in [3.63, 3.8) is 0 Å². The van der Waals surface area contributed by atoms with Gasteiger partial charge in [0.05, 0.1) is 17.8 Å². The van der Waals surface area contributed by atoms with Gasteiger partial charge in [-0.2, -0.15) is 13.2 Å². The number of hydrogen-bond acceptors (Lipinski definition) is 3. The second kappa shape index (κ2) is 6.93. The first-order valence-corrected chi connectivity index (χ1v) is 7.71. The van der Waals surface area contributed by atoms with Gasteiger partial charge in [-0.3, -0.25) is 4.79 Å². The summed E-state index contributed by atoms with van der Waals surface area (Å²) in [7, 11) is 0. The lowest BCUT2D eigenvalue weighted by Gasteiger charge is -2.13. The Bertz CT molecular complexity index is 913. The van der Waals surface area contributed by atoms with Gasteiger partial charge in [0.15, 0.2) is 0 Å². The topological polar surface area (TPSA) is 70.9 Å². The highest BCUT2D eigenvalue weighted by Crippen LogP contribution is 2.21. The summed E-state index contributed by atoms with van der Waals surface area (Å²) < 4.78 is 66.8. The van der Waals surface area contributed by atoms with E-state index in [9.17, 15) is 26.7 Å². The number of halogens is 5. The van der Waals surface area contributed by atoms with Gasteiger partial charge in [0.25, 0.3) is 12.3 Å². The zero-order valence-electron chi connectivity index (χ0n) is 13.2. The molecule has 2 N–H and O–H groups in total. The van der Waals surface area contributed by atoms with Crippen LogP contribution in [0.15, 0.2) is 16.7 Å². The van der Waals surface area contributed by atoms with Gasteiger partial charge in [0.2, 0.25) is 5.76 Å². The van der Waals surface area contributed by atoms with Gasteiger partial charge in [-0.1, -0.05) is 17.3 Å². The van der Waals surface area contributed by atoms with Crippen molar-refractivity contribution in [3.05, 3.63) is 39.8 Å². The Hall–Kier alpha value is -2.65. The number of amides is 1. The SMILES string of the molecule is O=C(NCC1C=c2cc(C(F)F)[nH]c2=CC1)c1cc(CC(F)(F)F)no1. The molecular weight excluding hydrogens is 361 g/mol. The maximum Gasteiger partial charge on any atom is 0.394 e. The number of aromatic nitrogens is 2. The third kappa shape index (κ3) is 4.30. The normalized spacial score (nSPS) is 16.8. The number of nitrogens with one attached hydrogen (secondary N) is 2. The van der Waals surface area contributed by atoms with Crippen molar-refractivity contribution in [2.75, 3.05) is 6.54 Å². The number of hydrogen-bond donors (Lipinski definition) is 2. The van der Waals surface area contributed by atoms with Gasteiger partial charge < -0.3 is 14.8 Å². The van der Waals surface area contributed by atoms with Crippen LogP contribution in [0.2, 0.25) is 0 Å². The quantitative estimate of drug-likeness (QED) is 0.786. The molecule has 1 atom stereocenters. The number of nitrogens with zero attached hydrogens (tertiary/aromatic N) is 1. The smallest absolute Gasteiger partial charge is 0.354 e. The van der Waals surface area contributed by atoms with Crippen LogP contribution in [-0.4, -0.2) is 28.8 Å². The zero-order valence-corrected chi connectivity index (χ0v) is 13.2. The minimum atomic E-state index is -4.44. The lowest BCUT2D eigenvalue weighted by Crippen LogP contribution is -2.33. The Morgan fingerprint density at radius 2 is 2.15 bits per heavy atom. The zero-order chi connectivity index (χ0) is 18.9. The van der Waals surface area contributed by atoms with E-state index >= 15 is 0 Å². The highest BCUT2D eigenvalue weighted by Gasteiger charge is 2.30. The Morgan fingerprint density at radius 3 is 2.85 bits per heavy atom. The molecule has 3 rings (SSSR count). The third-order valence-corrected chi connectivity index (χ3v) is 3.87. The fourth-order valence-electron chi connectivity index (χ4n) is 2.69. The molecule has 1 amide bonds. The number of carbonyl (C=O) groups excluding carboxylic acids is 1. The molecule has 0 bridgehead atoms. The molecule has 0 saturated carbocycles. The molecule has 2 heterocycles. The van der Waals surface area contributed by atoms with Gasteiger partial charge in [-0.15, -0.1) is 0 Å². The third-order valence-electron chi connectivity index (χ3n) is 3.87. The van der Waals surface area contributed by atoms with Crippen LogP contribution in [0.25, 0.3) is 12.2 Å². The van der Waals surface area contributed by atoms with Gasteiger partial charge in [0, 0.05) is 18.0 Å². The van der Waals surface area contributed by atoms with Crippen LogP contribution in [0.4, 0.5) is 22.0 Å². The first kappa shape index (κ1) is 18.2. The standard InChI is InChI=1S/C16H14F5N3O2/c17-14(18)12-4-9-3-8(1-2-11(9)23-12)7-22-15(25)13-5-10(24-26-13)6-16(19,20)21/h2-5,8,14,23H,1,6-7H2,(H,22,25). The van der Waals surface area contributed by atoms with E-state index < -0.39 is 24.9 Å². The summed E-state index contributed by atoms with van der Waals surface area (Å²) in [6, 6.07) is 2.29. The fraction of sp³-hybridized carbons (Fsp3) is 0.375. The maximum atomic E-state index is 12.7. The molecule has 0 fully saturated rings. The van der Waals surface area contributed by atoms with Crippen LogP contribution in [0.1, 0.15) is 34.8 Å². The van der Waals surface area contributed by atoms with Crippen molar-refractivity contribution in [1.29, 1.82) is 0 Å². The summed E-state index contributed by atoms with van der Waals surface area (Å²) in [5.41, 5.74) is -0.553. The van der Waals surface area contributed by atoms with E-state index in [0.29, 0.717) is 17.0 Å². The molecule has 26 heavy (non-hydrogen) atoms. The van der Waals surface area contributed by atoms with Crippen LogP contribution in [0, 0.1) is 5.92 Å². The average Bonchev–Trinajstić information content (AvgIpc) is 3.17. The van der Waals surface area contributed by atoms with Crippen molar-refractivity contribution in [1.82, 2.24) is 15.5 Å². The van der Waals surface area contributed by atoms with Crippen molar-refractivity contribution in [2.24, 2.45) is 5.92 Å². The first-order chi connectivity index (χ1) is 12.2. The number of fused-ring (bicyclic) bond motifs is 1. The van der Waals surface area contributed by atoms with Crippen LogP contribution < -0.4 is 15.9 Å². The van der Waals surface area contributed by atoms with E-state index in [1.54, 1.807) is 12.2 Å². The molecule has 1 aliphatic rings. The molecule has 5 nitrogen and oxygen atoms in total. The minimum Gasteiger partial charge on any atom is -0.354 e. The van der Waals surface area contributed by atoms with Crippen LogP contribution in [0.5, 0.6) is 0 Å². The number of carbonyl (C=O) groups is 1. The largest absolute Gasteiger partial charge is 0.394 e. The summed E-state index contributed by atoms with van der Waals surface area (Å²) in [6.07, 6.45) is -4.29. The van der Waals surface area contributed by atoms with E-state index in [4.69, 9.17) is 0 Å². The first-order valence-electron chi connectivity index (χ1n) is 7.71. The number of alkyl halides is 5. The Balaban J connectivity index is 1.60. The summed E-state index contributed by atoms with van der Waals surface area (Å²) >= 11 is 0. The number of rotatable bonds is 5. The number of aromatic amines is 1. The lowest BCUT2D eigenvalue weighted by molar-refractivity contribution is -0.128. The summed E-state index contributed by atoms with van der Waals surface area (Å²) in [5.74, 6) is -1.14. The predicted octanol–water partition coefficient (Wildman–Crippen LogP) is 2.06. The molecule has 2 aromatic rings. The van der Waals surface area contributed by atoms with Gasteiger partial charge in [-0.05, 0) is 23.6 Å². The number of H-pyrrole nitrogens is 1.